The molecular formula is C25H28N8O4. The third-order valence-electron chi connectivity index (χ3n) is 5.93. The van der Waals surface area contributed by atoms with Gasteiger partial charge in [0.1, 0.15) is 29.3 Å². The zero-order valence-electron chi connectivity index (χ0n) is 21.0. The van der Waals surface area contributed by atoms with E-state index in [4.69, 9.17) is 24.3 Å². The molecule has 12 nitrogen and oxygen atoms in total. The van der Waals surface area contributed by atoms with Gasteiger partial charge in [0, 0.05) is 44.4 Å². The lowest BCUT2D eigenvalue weighted by molar-refractivity contribution is 0.144. The van der Waals surface area contributed by atoms with E-state index >= 15 is 0 Å². The fourth-order valence-electron chi connectivity index (χ4n) is 4.10. The van der Waals surface area contributed by atoms with E-state index in [1.165, 1.54) is 0 Å². The molecule has 1 atom stereocenters. The molecule has 0 saturated carbocycles. The highest BCUT2D eigenvalue weighted by molar-refractivity contribution is 5.96. The lowest BCUT2D eigenvalue weighted by Gasteiger charge is -2.16. The molecule has 0 amide bonds. The molecule has 1 aromatic carbocycles. The van der Waals surface area contributed by atoms with Gasteiger partial charge in [0.05, 0.1) is 42.0 Å². The van der Waals surface area contributed by atoms with Crippen molar-refractivity contribution in [1.82, 2.24) is 34.7 Å². The average Bonchev–Trinajstić information content (AvgIpc) is 3.52. The van der Waals surface area contributed by atoms with Crippen LogP contribution in [0.2, 0.25) is 0 Å². The summed E-state index contributed by atoms with van der Waals surface area (Å²) >= 11 is 0. The number of nitrogens with zero attached hydrogens (tertiary/aromatic N) is 5. The van der Waals surface area contributed by atoms with E-state index in [2.05, 4.69) is 25.3 Å². The number of anilines is 1. The van der Waals surface area contributed by atoms with Crippen molar-refractivity contribution in [3.05, 3.63) is 53.0 Å². The summed E-state index contributed by atoms with van der Waals surface area (Å²) in [6.45, 7) is 5.36. The normalized spacial score (nSPS) is 12.2. The van der Waals surface area contributed by atoms with Crippen molar-refractivity contribution < 1.29 is 14.2 Å². The Kier molecular flexibility index (Phi) is 6.73. The number of hydrogen-bond acceptors (Lipinski definition) is 9. The van der Waals surface area contributed by atoms with Crippen molar-refractivity contribution >= 4 is 27.8 Å². The standard InChI is InChI=1S/C25H28N8O4/c1-5-33-13-17-21(32-33)22(28-14(2)23-26-7-6-8-27-23)20(25(34)31-17)24-29-15-11-18(36-4)19(12-16(15)30-24)37-10-9-35-3/h6-8,11-14,28H,5,9-10H2,1-4H3,(H,29,30)(H,31,34)/t14-/m0/s1. The van der Waals surface area contributed by atoms with Crippen LogP contribution in [0.4, 0.5) is 5.69 Å². The first-order chi connectivity index (χ1) is 18.0. The fraction of sp³-hybridized carbons (Fsp3) is 0.320. The molecule has 4 heterocycles. The Bertz CT molecular complexity index is 1590. The summed E-state index contributed by atoms with van der Waals surface area (Å²) in [5.74, 6) is 2.04. The highest BCUT2D eigenvalue weighted by Gasteiger charge is 2.23. The Morgan fingerprint density at radius 1 is 1.08 bits per heavy atom. The summed E-state index contributed by atoms with van der Waals surface area (Å²) in [6, 6.07) is 5.02. The van der Waals surface area contributed by atoms with Crippen molar-refractivity contribution in [1.29, 1.82) is 0 Å². The number of ether oxygens (including phenoxy) is 3. The zero-order valence-corrected chi connectivity index (χ0v) is 21.0. The Hall–Kier alpha value is -4.45. The minimum Gasteiger partial charge on any atom is -0.493 e. The summed E-state index contributed by atoms with van der Waals surface area (Å²) in [5, 5.41) is 8.11. The number of H-pyrrole nitrogens is 2. The molecule has 12 heteroatoms. The van der Waals surface area contributed by atoms with Crippen LogP contribution in [0.5, 0.6) is 11.5 Å². The first kappa shape index (κ1) is 24.3. The van der Waals surface area contributed by atoms with Crippen LogP contribution in [0.15, 0.2) is 41.6 Å². The minimum absolute atomic E-state index is 0.304. The van der Waals surface area contributed by atoms with Crippen LogP contribution in [-0.4, -0.2) is 62.1 Å². The molecule has 4 aromatic heterocycles. The van der Waals surface area contributed by atoms with E-state index in [0.717, 1.165) is 0 Å². The molecule has 0 aliphatic carbocycles. The van der Waals surface area contributed by atoms with E-state index < -0.39 is 0 Å². The number of imidazole rings is 1. The molecule has 0 radical (unpaired) electrons. The molecule has 5 rings (SSSR count). The van der Waals surface area contributed by atoms with Gasteiger partial charge in [-0.15, -0.1) is 0 Å². The van der Waals surface area contributed by atoms with Crippen molar-refractivity contribution in [2.75, 3.05) is 32.8 Å². The van der Waals surface area contributed by atoms with Crippen molar-refractivity contribution in [3.63, 3.8) is 0 Å². The third kappa shape index (κ3) is 4.70. The largest absolute Gasteiger partial charge is 0.493 e. The highest BCUT2D eigenvalue weighted by Crippen LogP contribution is 2.35. The number of methoxy groups -OCH3 is 2. The Labute approximate surface area is 212 Å². The van der Waals surface area contributed by atoms with Gasteiger partial charge >= 0.3 is 0 Å². The lowest BCUT2D eigenvalue weighted by atomic mass is 10.1. The maximum absolute atomic E-state index is 13.4. The third-order valence-corrected chi connectivity index (χ3v) is 5.93. The van der Waals surface area contributed by atoms with Crippen LogP contribution in [0.3, 0.4) is 0 Å². The van der Waals surface area contributed by atoms with Gasteiger partial charge in [-0.1, -0.05) is 0 Å². The summed E-state index contributed by atoms with van der Waals surface area (Å²) < 4.78 is 18.1. The number of hydrogen-bond donors (Lipinski definition) is 3. The predicted molar refractivity (Wildman–Crippen MR) is 139 cm³/mol. The van der Waals surface area contributed by atoms with Gasteiger partial charge in [-0.25, -0.2) is 15.0 Å². The van der Waals surface area contributed by atoms with Gasteiger partial charge in [0.15, 0.2) is 11.5 Å². The molecule has 37 heavy (non-hydrogen) atoms. The number of aryl methyl sites for hydroxylation is 1. The van der Waals surface area contributed by atoms with E-state index in [-0.39, 0.29) is 11.6 Å². The lowest BCUT2D eigenvalue weighted by Crippen LogP contribution is -2.17. The van der Waals surface area contributed by atoms with Crippen molar-refractivity contribution in [3.8, 4) is 22.9 Å². The topological polar surface area (TPSA) is 145 Å². The second-order valence-corrected chi connectivity index (χ2v) is 8.37. The Balaban J connectivity index is 1.65. The number of nitrogens with one attached hydrogen (secondary N) is 3. The second-order valence-electron chi connectivity index (χ2n) is 8.37. The second kappa shape index (κ2) is 10.3. The molecule has 192 valence electrons. The summed E-state index contributed by atoms with van der Waals surface area (Å²) in [4.78, 5) is 33.1. The highest BCUT2D eigenvalue weighted by atomic mass is 16.5. The number of aromatic nitrogens is 7. The molecule has 0 saturated heterocycles. The first-order valence-electron chi connectivity index (χ1n) is 11.9. The maximum Gasteiger partial charge on any atom is 0.261 e. The van der Waals surface area contributed by atoms with Crippen molar-refractivity contribution in [2.24, 2.45) is 0 Å². The molecule has 0 aliphatic rings. The Morgan fingerprint density at radius 3 is 2.62 bits per heavy atom. The smallest absolute Gasteiger partial charge is 0.261 e. The predicted octanol–water partition coefficient (Wildman–Crippen LogP) is 3.28. The molecule has 0 fully saturated rings. The van der Waals surface area contributed by atoms with E-state index in [9.17, 15) is 4.79 Å². The molecule has 0 bridgehead atoms. The van der Waals surface area contributed by atoms with Crippen LogP contribution in [0.1, 0.15) is 25.7 Å². The summed E-state index contributed by atoms with van der Waals surface area (Å²) in [5.41, 5.74) is 3.09. The average molecular weight is 505 g/mol. The van der Waals surface area contributed by atoms with Gasteiger partial charge in [0.25, 0.3) is 5.56 Å². The van der Waals surface area contributed by atoms with E-state index in [1.807, 2.05) is 20.0 Å². The fourth-order valence-corrected chi connectivity index (χ4v) is 4.10. The molecule has 5 aromatic rings. The SMILES string of the molecule is CCn1cc2[nH]c(=O)c(-c3nc4cc(OC)c(OCCOC)cc4[nH]3)c(N[C@@H](C)c3ncccn3)c2n1. The van der Waals surface area contributed by atoms with Crippen molar-refractivity contribution in [2.45, 2.75) is 26.4 Å². The van der Waals surface area contributed by atoms with E-state index in [1.54, 1.807) is 49.5 Å². The van der Waals surface area contributed by atoms with Gasteiger partial charge in [-0.3, -0.25) is 9.48 Å². The summed E-state index contributed by atoms with van der Waals surface area (Å²) in [7, 11) is 3.18. The van der Waals surface area contributed by atoms with Crippen LogP contribution >= 0.6 is 0 Å². The van der Waals surface area contributed by atoms with E-state index in [0.29, 0.717) is 76.2 Å². The molecular weight excluding hydrogens is 476 g/mol. The first-order valence-corrected chi connectivity index (χ1v) is 11.9. The van der Waals surface area contributed by atoms with Crippen LogP contribution in [0, 0.1) is 0 Å². The monoisotopic (exact) mass is 504 g/mol. The number of pyridine rings is 1. The Morgan fingerprint density at radius 2 is 1.89 bits per heavy atom. The van der Waals surface area contributed by atoms with Crippen LogP contribution < -0.4 is 20.3 Å². The number of rotatable bonds is 10. The van der Waals surface area contributed by atoms with Crippen LogP contribution in [-0.2, 0) is 11.3 Å². The molecule has 0 spiro atoms. The van der Waals surface area contributed by atoms with Gasteiger partial charge in [-0.05, 0) is 19.9 Å². The maximum atomic E-state index is 13.4. The molecule has 0 aliphatic heterocycles. The number of fused-ring (bicyclic) bond motifs is 2. The van der Waals surface area contributed by atoms with Gasteiger partial charge in [0.2, 0.25) is 0 Å². The molecule has 0 unspecified atom stereocenters. The van der Waals surface area contributed by atoms with Crippen LogP contribution in [0.25, 0.3) is 33.5 Å². The van der Waals surface area contributed by atoms with Gasteiger partial charge in [-0.2, -0.15) is 5.10 Å². The number of aromatic amines is 2. The quantitative estimate of drug-likeness (QED) is 0.244. The number of benzene rings is 1. The van der Waals surface area contributed by atoms with Gasteiger partial charge < -0.3 is 29.5 Å². The minimum atomic E-state index is -0.311. The summed E-state index contributed by atoms with van der Waals surface area (Å²) in [6.07, 6.45) is 5.17. The molecule has 3 N–H and O–H groups in total. The zero-order chi connectivity index (χ0) is 25.9.